The maximum absolute atomic E-state index is 6.16. The Morgan fingerprint density at radius 2 is 2.04 bits per heavy atom. The number of rotatable bonds is 3. The van der Waals surface area contributed by atoms with Crippen LogP contribution in [0.3, 0.4) is 0 Å². The molecule has 3 aromatic rings. The van der Waals surface area contributed by atoms with E-state index in [1.165, 1.54) is 32.1 Å². The number of fused-ring (bicyclic) bond motifs is 2. The minimum absolute atomic E-state index is 0.772. The SMILES string of the molecule is CN1/C(=C/c2cc[n+](CCBr)c3ccccc23)Sc2ccc(Cl)cc21. The molecule has 0 saturated carbocycles. The molecular formula is C20H17BrClN2S+. The van der Waals surface area contributed by atoms with E-state index in [1.807, 2.05) is 12.1 Å². The van der Waals surface area contributed by atoms with Crippen LogP contribution < -0.4 is 9.47 Å². The number of aromatic nitrogens is 1. The lowest BCUT2D eigenvalue weighted by atomic mass is 10.1. The van der Waals surface area contributed by atoms with Gasteiger partial charge in [-0.05, 0) is 35.9 Å². The smallest absolute Gasteiger partial charge is 0.213 e. The van der Waals surface area contributed by atoms with Crippen molar-refractivity contribution in [2.75, 3.05) is 17.3 Å². The summed E-state index contributed by atoms with van der Waals surface area (Å²) >= 11 is 11.5. The van der Waals surface area contributed by atoms with E-state index in [0.717, 1.165) is 16.9 Å². The maximum Gasteiger partial charge on any atom is 0.213 e. The van der Waals surface area contributed by atoms with E-state index in [0.29, 0.717) is 0 Å². The van der Waals surface area contributed by atoms with Crippen LogP contribution in [0.1, 0.15) is 5.56 Å². The van der Waals surface area contributed by atoms with Gasteiger partial charge in [-0.3, -0.25) is 0 Å². The normalized spacial score (nSPS) is 15.2. The average molecular weight is 433 g/mol. The number of alkyl halides is 1. The molecule has 4 rings (SSSR count). The van der Waals surface area contributed by atoms with Crippen LogP contribution in [0.15, 0.2) is 64.7 Å². The van der Waals surface area contributed by atoms with Crippen LogP contribution in [0.4, 0.5) is 5.69 Å². The number of hydrogen-bond acceptors (Lipinski definition) is 2. The zero-order chi connectivity index (χ0) is 17.4. The number of nitrogens with zero attached hydrogens (tertiary/aromatic N) is 2. The molecular weight excluding hydrogens is 416 g/mol. The summed E-state index contributed by atoms with van der Waals surface area (Å²) in [6.07, 6.45) is 4.43. The zero-order valence-electron chi connectivity index (χ0n) is 13.7. The summed E-state index contributed by atoms with van der Waals surface area (Å²) in [6, 6.07) is 16.8. The minimum atomic E-state index is 0.772. The van der Waals surface area contributed by atoms with E-state index < -0.39 is 0 Å². The van der Waals surface area contributed by atoms with E-state index in [1.54, 1.807) is 11.8 Å². The Bertz CT molecular complexity index is 987. The predicted molar refractivity (Wildman–Crippen MR) is 112 cm³/mol. The molecule has 0 amide bonds. The number of aryl methyl sites for hydroxylation is 1. The zero-order valence-corrected chi connectivity index (χ0v) is 16.9. The van der Waals surface area contributed by atoms with Crippen molar-refractivity contribution in [3.05, 3.63) is 70.3 Å². The summed E-state index contributed by atoms with van der Waals surface area (Å²) in [5.41, 5.74) is 3.65. The van der Waals surface area contributed by atoms with Crippen molar-refractivity contribution in [2.45, 2.75) is 11.4 Å². The summed E-state index contributed by atoms with van der Waals surface area (Å²) in [4.78, 5) is 3.45. The second-order valence-corrected chi connectivity index (χ2v) is 8.22. The van der Waals surface area contributed by atoms with Crippen LogP contribution in [0.25, 0.3) is 17.0 Å². The molecule has 0 fully saturated rings. The Hall–Kier alpha value is -1.49. The van der Waals surface area contributed by atoms with Crippen molar-refractivity contribution < 1.29 is 4.57 Å². The predicted octanol–water partition coefficient (Wildman–Crippen LogP) is 5.72. The number of anilines is 1. The summed E-state index contributed by atoms with van der Waals surface area (Å²) in [7, 11) is 2.09. The van der Waals surface area contributed by atoms with Gasteiger partial charge in [0, 0.05) is 29.1 Å². The van der Waals surface area contributed by atoms with Gasteiger partial charge in [0.15, 0.2) is 12.7 Å². The van der Waals surface area contributed by atoms with Crippen molar-refractivity contribution in [1.29, 1.82) is 0 Å². The van der Waals surface area contributed by atoms with E-state index in [-0.39, 0.29) is 0 Å². The third kappa shape index (κ3) is 3.19. The summed E-state index contributed by atoms with van der Waals surface area (Å²) in [5, 5.41) is 4.19. The highest BCUT2D eigenvalue weighted by molar-refractivity contribution is 9.09. The molecule has 0 radical (unpaired) electrons. The van der Waals surface area contributed by atoms with E-state index in [2.05, 4.69) is 81.1 Å². The fourth-order valence-electron chi connectivity index (χ4n) is 3.12. The topological polar surface area (TPSA) is 7.12 Å². The molecule has 25 heavy (non-hydrogen) atoms. The van der Waals surface area contributed by atoms with Crippen LogP contribution in [0, 0.1) is 0 Å². The first-order valence-electron chi connectivity index (χ1n) is 8.07. The number of hydrogen-bond donors (Lipinski definition) is 0. The second-order valence-electron chi connectivity index (χ2n) is 5.93. The standard InChI is InChI=1S/C20H17BrClN2S/c1-23-18-13-15(22)6-7-19(18)25-20(23)12-14-8-10-24(11-9-21)17-5-3-2-4-16(14)17/h2-8,10,12-13H,9,11H2,1H3/q+1. The summed E-state index contributed by atoms with van der Waals surface area (Å²) in [6.45, 7) is 0.954. The van der Waals surface area contributed by atoms with Gasteiger partial charge in [0.05, 0.1) is 21.4 Å². The molecule has 0 aliphatic carbocycles. The molecule has 0 N–H and O–H groups in total. The highest BCUT2D eigenvalue weighted by Gasteiger charge is 2.22. The first kappa shape index (κ1) is 17.0. The van der Waals surface area contributed by atoms with Gasteiger partial charge in [0.25, 0.3) is 0 Å². The molecule has 1 aliphatic heterocycles. The lowest BCUT2D eigenvalue weighted by molar-refractivity contribution is -0.666. The molecule has 126 valence electrons. The van der Waals surface area contributed by atoms with Gasteiger partial charge in [-0.1, -0.05) is 51.4 Å². The van der Waals surface area contributed by atoms with E-state index >= 15 is 0 Å². The molecule has 2 aromatic carbocycles. The molecule has 5 heteroatoms. The van der Waals surface area contributed by atoms with E-state index in [4.69, 9.17) is 11.6 Å². The minimum Gasteiger partial charge on any atom is -0.338 e. The number of halogens is 2. The molecule has 0 bridgehead atoms. The summed E-state index contributed by atoms with van der Waals surface area (Å²) in [5.74, 6) is 0. The number of benzene rings is 2. The van der Waals surface area contributed by atoms with Crippen molar-refractivity contribution in [3.8, 4) is 0 Å². The second kappa shape index (κ2) is 7.02. The Morgan fingerprint density at radius 1 is 1.20 bits per heavy atom. The van der Waals surface area contributed by atoms with Crippen LogP contribution in [-0.2, 0) is 6.54 Å². The average Bonchev–Trinajstić information content (AvgIpc) is 2.93. The van der Waals surface area contributed by atoms with Gasteiger partial charge in [0.1, 0.15) is 0 Å². The molecule has 0 saturated heterocycles. The van der Waals surface area contributed by atoms with Crippen LogP contribution in [0.2, 0.25) is 5.02 Å². The first-order chi connectivity index (χ1) is 12.2. The molecule has 1 aliphatic rings. The van der Waals surface area contributed by atoms with Crippen molar-refractivity contribution >= 4 is 62.0 Å². The monoisotopic (exact) mass is 431 g/mol. The van der Waals surface area contributed by atoms with Crippen molar-refractivity contribution in [3.63, 3.8) is 0 Å². The largest absolute Gasteiger partial charge is 0.338 e. The van der Waals surface area contributed by atoms with Crippen LogP contribution in [-0.4, -0.2) is 12.4 Å². The van der Waals surface area contributed by atoms with Crippen molar-refractivity contribution in [1.82, 2.24) is 0 Å². The van der Waals surface area contributed by atoms with Gasteiger partial charge in [0.2, 0.25) is 5.52 Å². The fourth-order valence-corrected chi connectivity index (χ4v) is 4.75. The van der Waals surface area contributed by atoms with Gasteiger partial charge < -0.3 is 4.90 Å². The first-order valence-corrected chi connectivity index (χ1v) is 10.4. The molecule has 1 aromatic heterocycles. The van der Waals surface area contributed by atoms with Crippen LogP contribution in [0.5, 0.6) is 0 Å². The molecule has 0 spiro atoms. The Labute approximate surface area is 165 Å². The van der Waals surface area contributed by atoms with Gasteiger partial charge in [-0.15, -0.1) is 0 Å². The maximum atomic E-state index is 6.16. The van der Waals surface area contributed by atoms with Crippen molar-refractivity contribution in [2.24, 2.45) is 0 Å². The number of pyridine rings is 1. The van der Waals surface area contributed by atoms with Crippen LogP contribution >= 0.6 is 39.3 Å². The Kier molecular flexibility index (Phi) is 4.76. The molecule has 0 unspecified atom stereocenters. The Balaban J connectivity index is 1.79. The van der Waals surface area contributed by atoms with Gasteiger partial charge >= 0.3 is 0 Å². The van der Waals surface area contributed by atoms with Gasteiger partial charge in [-0.25, -0.2) is 0 Å². The number of thioether (sulfide) groups is 1. The third-order valence-corrected chi connectivity index (χ3v) is 6.15. The van der Waals surface area contributed by atoms with Gasteiger partial charge in [-0.2, -0.15) is 4.57 Å². The highest BCUT2D eigenvalue weighted by Crippen LogP contribution is 2.46. The fraction of sp³-hybridized carbons (Fsp3) is 0.150. The lowest BCUT2D eigenvalue weighted by Gasteiger charge is -2.14. The summed E-state index contributed by atoms with van der Waals surface area (Å²) < 4.78 is 2.28. The van der Waals surface area contributed by atoms with E-state index in [9.17, 15) is 0 Å². The molecule has 2 nitrogen and oxygen atoms in total. The third-order valence-electron chi connectivity index (χ3n) is 4.39. The lowest BCUT2D eigenvalue weighted by Crippen LogP contribution is -2.35. The number of para-hydroxylation sites is 1. The molecule has 2 heterocycles. The highest BCUT2D eigenvalue weighted by atomic mass is 79.9. The molecule has 0 atom stereocenters. The Morgan fingerprint density at radius 3 is 2.88 bits per heavy atom. The quantitative estimate of drug-likeness (QED) is 0.386.